The Morgan fingerprint density at radius 2 is 1.70 bits per heavy atom. The molecule has 3 N–H and O–H groups in total. The lowest BCUT2D eigenvalue weighted by Crippen LogP contribution is -2.37. The van der Waals surface area contributed by atoms with Crippen molar-refractivity contribution >= 4 is 33.2 Å². The number of anilines is 1. The van der Waals surface area contributed by atoms with E-state index in [2.05, 4.69) is 35.4 Å². The Morgan fingerprint density at radius 3 is 2.30 bits per heavy atom. The predicted octanol–water partition coefficient (Wildman–Crippen LogP) is 5.75. The molecule has 0 aliphatic carbocycles. The number of aliphatic hydroxyl groups is 1. The van der Waals surface area contributed by atoms with E-state index in [4.69, 9.17) is 16.6 Å². The number of rotatable bonds is 12. The Kier molecular flexibility index (Phi) is 10.3. The van der Waals surface area contributed by atoms with E-state index in [0.717, 1.165) is 28.2 Å². The van der Waals surface area contributed by atoms with Gasteiger partial charge in [0, 0.05) is 53.1 Å². The fraction of sp³-hybridized carbons (Fsp3) is 0.333. The highest BCUT2D eigenvalue weighted by Gasteiger charge is 2.21. The summed E-state index contributed by atoms with van der Waals surface area (Å²) in [7, 11) is -1.61. The Bertz CT molecular complexity index is 1640. The molecule has 1 heterocycles. The van der Waals surface area contributed by atoms with Crippen LogP contribution in [0.4, 0.5) is 5.69 Å². The molecule has 1 aromatic heterocycles. The van der Waals surface area contributed by atoms with Crippen LogP contribution in [0.25, 0.3) is 11.3 Å². The first-order valence-corrected chi connectivity index (χ1v) is 16.3. The number of carbonyl (C=O) groups excluding carboxylic acids is 1. The van der Waals surface area contributed by atoms with E-state index < -0.39 is 10.0 Å². The van der Waals surface area contributed by atoms with Crippen molar-refractivity contribution in [2.75, 3.05) is 17.1 Å². The predicted molar refractivity (Wildman–Crippen MR) is 173 cm³/mol. The van der Waals surface area contributed by atoms with Crippen LogP contribution in [-0.2, 0) is 35.3 Å². The van der Waals surface area contributed by atoms with Crippen molar-refractivity contribution in [3.8, 4) is 11.3 Å². The summed E-state index contributed by atoms with van der Waals surface area (Å²) in [6.45, 7) is 6.34. The van der Waals surface area contributed by atoms with Gasteiger partial charge in [-0.3, -0.25) is 9.52 Å². The number of amides is 1. The van der Waals surface area contributed by atoms with Crippen LogP contribution in [0.15, 0.2) is 79.0 Å². The molecule has 8 nitrogen and oxygen atoms in total. The number of aromatic nitrogens is 2. The molecule has 0 saturated heterocycles. The molecule has 4 rings (SSSR count). The number of nitrogens with zero attached hydrogens (tertiary/aromatic N) is 2. The number of halogens is 1. The first kappa shape index (κ1) is 32.3. The minimum atomic E-state index is -3.61. The zero-order valence-electron chi connectivity index (χ0n) is 25.0. The standard InChI is InChI=1S/C33H39ClN4O4S/c1-33(2,3)32-36-30(22-38(32)4)25-11-9-23(10-12-25)21-28(17-19-39)35-31(40)26-13-15-27(16-14-26)37-43(41,42)20-18-24-7-5-6-8-29(24)34/h5-16,22,28,37,39H,17-21H2,1-4H3,(H,35,40). The van der Waals surface area contributed by atoms with Crippen LogP contribution in [-0.4, -0.2) is 47.4 Å². The smallest absolute Gasteiger partial charge is 0.251 e. The summed E-state index contributed by atoms with van der Waals surface area (Å²) in [6, 6.07) is 21.2. The maximum atomic E-state index is 13.0. The molecule has 0 spiro atoms. The fourth-order valence-corrected chi connectivity index (χ4v) is 6.23. The van der Waals surface area contributed by atoms with Crippen molar-refractivity contribution in [2.45, 2.75) is 51.5 Å². The van der Waals surface area contributed by atoms with Crippen molar-refractivity contribution in [3.63, 3.8) is 0 Å². The third-order valence-electron chi connectivity index (χ3n) is 7.11. The molecule has 0 aliphatic rings. The van der Waals surface area contributed by atoms with E-state index >= 15 is 0 Å². The number of aryl methyl sites for hydroxylation is 2. The highest BCUT2D eigenvalue weighted by molar-refractivity contribution is 7.92. The summed E-state index contributed by atoms with van der Waals surface area (Å²) in [5.74, 6) is 0.588. The van der Waals surface area contributed by atoms with E-state index in [1.807, 2.05) is 43.6 Å². The minimum Gasteiger partial charge on any atom is -0.396 e. The molecule has 0 saturated carbocycles. The summed E-state index contributed by atoms with van der Waals surface area (Å²) in [5.41, 5.74) is 4.40. The second kappa shape index (κ2) is 13.8. The number of hydrogen-bond acceptors (Lipinski definition) is 5. The maximum Gasteiger partial charge on any atom is 0.251 e. The normalized spacial score (nSPS) is 12.6. The van der Waals surface area contributed by atoms with Crippen LogP contribution in [0, 0.1) is 0 Å². The third-order valence-corrected chi connectivity index (χ3v) is 8.77. The Balaban J connectivity index is 1.35. The van der Waals surface area contributed by atoms with Crippen molar-refractivity contribution in [1.29, 1.82) is 0 Å². The Morgan fingerprint density at radius 1 is 1.02 bits per heavy atom. The van der Waals surface area contributed by atoms with Gasteiger partial charge in [-0.1, -0.05) is 74.8 Å². The number of aliphatic hydroxyl groups excluding tert-OH is 1. The molecular formula is C33H39ClN4O4S. The second-order valence-electron chi connectivity index (χ2n) is 11.7. The molecule has 4 aromatic rings. The topological polar surface area (TPSA) is 113 Å². The molecule has 1 unspecified atom stereocenters. The summed E-state index contributed by atoms with van der Waals surface area (Å²) in [4.78, 5) is 17.8. The number of benzene rings is 3. The van der Waals surface area contributed by atoms with Crippen molar-refractivity contribution in [3.05, 3.63) is 107 Å². The third kappa shape index (κ3) is 8.92. The van der Waals surface area contributed by atoms with Crippen molar-refractivity contribution < 1.29 is 18.3 Å². The fourth-order valence-electron chi connectivity index (χ4n) is 4.91. The number of nitrogens with one attached hydrogen (secondary N) is 2. The highest BCUT2D eigenvalue weighted by atomic mass is 35.5. The summed E-state index contributed by atoms with van der Waals surface area (Å²) >= 11 is 6.14. The van der Waals surface area contributed by atoms with E-state index in [-0.39, 0.29) is 36.1 Å². The number of imidazole rings is 1. The van der Waals surface area contributed by atoms with Gasteiger partial charge >= 0.3 is 0 Å². The van der Waals surface area contributed by atoms with Crippen LogP contribution in [0.2, 0.25) is 5.02 Å². The quantitative estimate of drug-likeness (QED) is 0.186. The van der Waals surface area contributed by atoms with Crippen molar-refractivity contribution in [1.82, 2.24) is 14.9 Å². The average molecular weight is 623 g/mol. The molecule has 0 radical (unpaired) electrons. The van der Waals surface area contributed by atoms with Gasteiger partial charge in [-0.2, -0.15) is 0 Å². The Hall–Kier alpha value is -3.66. The summed E-state index contributed by atoms with van der Waals surface area (Å²) < 4.78 is 29.8. The van der Waals surface area contributed by atoms with E-state index in [0.29, 0.717) is 29.1 Å². The molecule has 43 heavy (non-hydrogen) atoms. The average Bonchev–Trinajstić information content (AvgIpc) is 3.35. The van der Waals surface area contributed by atoms with Gasteiger partial charge in [0.25, 0.3) is 5.91 Å². The molecule has 1 atom stereocenters. The van der Waals surface area contributed by atoms with Crippen LogP contribution in [0.3, 0.4) is 0 Å². The van der Waals surface area contributed by atoms with Gasteiger partial charge in [-0.15, -0.1) is 0 Å². The van der Waals surface area contributed by atoms with Gasteiger partial charge in [0.1, 0.15) is 5.82 Å². The highest BCUT2D eigenvalue weighted by Crippen LogP contribution is 2.26. The SMILES string of the molecule is Cn1cc(-c2ccc(CC(CCO)NC(=O)c3ccc(NS(=O)(=O)CCc4ccccc4Cl)cc3)cc2)nc1C(C)(C)C. The van der Waals surface area contributed by atoms with Crippen LogP contribution in [0.5, 0.6) is 0 Å². The van der Waals surface area contributed by atoms with Gasteiger partial charge in [0.2, 0.25) is 10.0 Å². The molecule has 0 fully saturated rings. The van der Waals surface area contributed by atoms with Gasteiger partial charge in [-0.25, -0.2) is 13.4 Å². The van der Waals surface area contributed by atoms with E-state index in [1.54, 1.807) is 42.5 Å². The minimum absolute atomic E-state index is 0.0606. The van der Waals surface area contributed by atoms with E-state index in [1.165, 1.54) is 0 Å². The zero-order valence-corrected chi connectivity index (χ0v) is 26.5. The first-order valence-electron chi connectivity index (χ1n) is 14.2. The van der Waals surface area contributed by atoms with Gasteiger partial charge in [0.05, 0.1) is 11.4 Å². The largest absolute Gasteiger partial charge is 0.396 e. The second-order valence-corrected chi connectivity index (χ2v) is 14.0. The monoisotopic (exact) mass is 622 g/mol. The van der Waals surface area contributed by atoms with Gasteiger partial charge in [-0.05, 0) is 60.7 Å². The maximum absolute atomic E-state index is 13.0. The molecule has 0 aliphatic heterocycles. The number of sulfonamides is 1. The summed E-state index contributed by atoms with van der Waals surface area (Å²) in [5, 5.41) is 13.2. The number of carbonyl (C=O) groups is 1. The molecule has 1 amide bonds. The lowest BCUT2D eigenvalue weighted by Gasteiger charge is -2.18. The summed E-state index contributed by atoms with van der Waals surface area (Å²) in [6.07, 6.45) is 3.25. The van der Waals surface area contributed by atoms with Crippen LogP contribution < -0.4 is 10.0 Å². The zero-order chi connectivity index (χ0) is 31.2. The molecule has 228 valence electrons. The van der Waals surface area contributed by atoms with Gasteiger partial charge in [0.15, 0.2) is 0 Å². The Labute approximate surface area is 259 Å². The molecule has 3 aromatic carbocycles. The van der Waals surface area contributed by atoms with Gasteiger partial charge < -0.3 is 15.0 Å². The first-order chi connectivity index (χ1) is 20.3. The lowest BCUT2D eigenvalue weighted by atomic mass is 9.96. The van der Waals surface area contributed by atoms with Crippen LogP contribution in [0.1, 0.15) is 54.5 Å². The molecular weight excluding hydrogens is 584 g/mol. The number of hydrogen-bond donors (Lipinski definition) is 3. The lowest BCUT2D eigenvalue weighted by molar-refractivity contribution is 0.0930. The molecule has 0 bridgehead atoms. The molecule has 10 heteroatoms. The van der Waals surface area contributed by atoms with E-state index in [9.17, 15) is 18.3 Å². The van der Waals surface area contributed by atoms with Crippen molar-refractivity contribution in [2.24, 2.45) is 7.05 Å². The van der Waals surface area contributed by atoms with Crippen LogP contribution >= 0.6 is 11.6 Å².